The molecule has 0 fully saturated rings. The highest BCUT2D eigenvalue weighted by Gasteiger charge is 2.41. The van der Waals surface area contributed by atoms with Gasteiger partial charge in [-0.25, -0.2) is 4.39 Å². The molecule has 2 aromatic rings. The topological polar surface area (TPSA) is 77.4 Å². The zero-order chi connectivity index (χ0) is 24.5. The van der Waals surface area contributed by atoms with Gasteiger partial charge < -0.3 is 15.1 Å². The van der Waals surface area contributed by atoms with Gasteiger partial charge in [-0.3, -0.25) is 19.6 Å². The summed E-state index contributed by atoms with van der Waals surface area (Å²) in [6.45, 7) is 3.09. The smallest absolute Gasteiger partial charge is 0.253 e. The van der Waals surface area contributed by atoms with Gasteiger partial charge in [-0.2, -0.15) is 0 Å². The number of hydrogen-bond acceptors (Lipinski definition) is 5. The molecule has 0 saturated carbocycles. The number of fused-ring (bicyclic) bond motifs is 1. The fourth-order valence-corrected chi connectivity index (χ4v) is 4.14. The van der Waals surface area contributed by atoms with Crippen molar-refractivity contribution in [3.63, 3.8) is 0 Å². The Balaban J connectivity index is 1.76. The second kappa shape index (κ2) is 9.30. The number of rotatable bonds is 7. The molecule has 0 aliphatic carbocycles. The molecule has 0 bridgehead atoms. The van der Waals surface area contributed by atoms with Gasteiger partial charge in [0.05, 0.1) is 11.3 Å². The molecule has 2 aliphatic rings. The summed E-state index contributed by atoms with van der Waals surface area (Å²) in [6.07, 6.45) is 3.17. The normalized spacial score (nSPS) is 21.5. The number of aliphatic imine (C=N–C) groups is 2. The van der Waals surface area contributed by atoms with Crippen LogP contribution in [-0.2, 0) is 9.59 Å². The molecule has 7 nitrogen and oxygen atoms in total. The van der Waals surface area contributed by atoms with E-state index in [-0.39, 0.29) is 11.8 Å². The van der Waals surface area contributed by atoms with Crippen LogP contribution in [0.25, 0.3) is 0 Å². The number of halogens is 1. The molecule has 176 valence electrons. The highest BCUT2D eigenvalue weighted by molar-refractivity contribution is 6.24. The molecule has 0 aromatic heterocycles. The minimum Gasteiger partial charge on any atom is -0.341 e. The zero-order valence-corrected chi connectivity index (χ0v) is 19.7. The van der Waals surface area contributed by atoms with E-state index in [1.807, 2.05) is 56.3 Å². The monoisotopic (exact) mass is 461 g/mol. The van der Waals surface area contributed by atoms with Gasteiger partial charge >= 0.3 is 0 Å². The first kappa shape index (κ1) is 23.5. The average molecular weight is 462 g/mol. The van der Waals surface area contributed by atoms with Gasteiger partial charge in [0.15, 0.2) is 0 Å². The summed E-state index contributed by atoms with van der Waals surface area (Å²) in [7, 11) is 5.66. The van der Waals surface area contributed by atoms with Crippen molar-refractivity contribution in [1.29, 1.82) is 0 Å². The lowest BCUT2D eigenvalue weighted by Gasteiger charge is -2.27. The summed E-state index contributed by atoms with van der Waals surface area (Å²) >= 11 is 0. The summed E-state index contributed by atoms with van der Waals surface area (Å²) < 4.78 is 13.8. The largest absolute Gasteiger partial charge is 0.341 e. The molecule has 2 heterocycles. The Morgan fingerprint density at radius 2 is 1.88 bits per heavy atom. The van der Waals surface area contributed by atoms with E-state index in [4.69, 9.17) is 4.99 Å². The van der Waals surface area contributed by atoms with Crippen LogP contribution in [0.15, 0.2) is 70.3 Å². The van der Waals surface area contributed by atoms with Gasteiger partial charge in [0.25, 0.3) is 5.91 Å². The van der Waals surface area contributed by atoms with Gasteiger partial charge in [-0.1, -0.05) is 36.4 Å². The first-order chi connectivity index (χ1) is 16.2. The molecule has 2 unspecified atom stereocenters. The molecule has 34 heavy (non-hydrogen) atoms. The van der Waals surface area contributed by atoms with E-state index in [1.165, 1.54) is 12.1 Å². The minimum atomic E-state index is -1.06. The lowest BCUT2D eigenvalue weighted by molar-refractivity contribution is -0.126. The molecule has 2 amide bonds. The fourth-order valence-electron chi connectivity index (χ4n) is 4.14. The standard InChI is InChI=1S/C26H28FN5O2/c1-26(16-28-15-20(26)25(34)32(4)13-12-31(2)3)30-23(17-8-6-5-7-9-17)22-19-11-10-18(27)14-21(19)29-24(22)33/h5-11,14-16,22H,12-13H2,1-4H3,(H,29,33). The van der Waals surface area contributed by atoms with Crippen LogP contribution in [0, 0.1) is 5.82 Å². The van der Waals surface area contributed by atoms with Crippen LogP contribution in [0.4, 0.5) is 10.1 Å². The third kappa shape index (κ3) is 4.54. The Kier molecular flexibility index (Phi) is 6.43. The van der Waals surface area contributed by atoms with Gasteiger partial charge in [-0.15, -0.1) is 0 Å². The number of benzene rings is 2. The number of carbonyl (C=O) groups is 2. The first-order valence-electron chi connectivity index (χ1n) is 11.1. The average Bonchev–Trinajstić information content (AvgIpc) is 3.34. The van der Waals surface area contributed by atoms with Crippen molar-refractivity contribution in [2.24, 2.45) is 9.98 Å². The summed E-state index contributed by atoms with van der Waals surface area (Å²) in [5.41, 5.74) is 1.69. The summed E-state index contributed by atoms with van der Waals surface area (Å²) in [5.74, 6) is -1.63. The molecule has 2 aromatic carbocycles. The molecule has 1 N–H and O–H groups in total. The summed E-state index contributed by atoms with van der Waals surface area (Å²) in [4.78, 5) is 39.3. The lowest BCUT2D eigenvalue weighted by Crippen LogP contribution is -2.40. The van der Waals surface area contributed by atoms with Gasteiger partial charge in [-0.05, 0) is 44.3 Å². The Morgan fingerprint density at radius 3 is 2.59 bits per heavy atom. The van der Waals surface area contributed by atoms with E-state index in [0.29, 0.717) is 29.1 Å². The number of nitrogens with zero attached hydrogens (tertiary/aromatic N) is 4. The van der Waals surface area contributed by atoms with Gasteiger partial charge in [0.1, 0.15) is 17.3 Å². The maximum atomic E-state index is 13.8. The second-order valence-corrected chi connectivity index (χ2v) is 9.02. The lowest BCUT2D eigenvalue weighted by atomic mass is 9.88. The van der Waals surface area contributed by atoms with Crippen LogP contribution in [0.2, 0.25) is 0 Å². The van der Waals surface area contributed by atoms with Crippen molar-refractivity contribution >= 4 is 29.4 Å². The van der Waals surface area contributed by atoms with Crippen molar-refractivity contribution in [2.45, 2.75) is 18.4 Å². The SMILES string of the molecule is CN(C)CCN(C)C(=O)C1=CN=CC1(C)N=C(c1ccccc1)C1C(=O)Nc2cc(F)ccc21. The van der Waals surface area contributed by atoms with Crippen LogP contribution in [0.1, 0.15) is 24.0 Å². The summed E-state index contributed by atoms with van der Waals surface area (Å²) in [6, 6.07) is 13.6. The van der Waals surface area contributed by atoms with E-state index >= 15 is 0 Å². The predicted octanol–water partition coefficient (Wildman–Crippen LogP) is 3.10. The maximum Gasteiger partial charge on any atom is 0.253 e. The number of likely N-dealkylation sites (N-methyl/N-ethyl adjacent to an activating group) is 2. The molecule has 0 spiro atoms. The van der Waals surface area contributed by atoms with E-state index in [2.05, 4.69) is 10.3 Å². The molecule has 2 atom stereocenters. The van der Waals surface area contributed by atoms with Crippen LogP contribution in [0.3, 0.4) is 0 Å². The van der Waals surface area contributed by atoms with Crippen LogP contribution < -0.4 is 5.32 Å². The molecule has 4 rings (SSSR count). The van der Waals surface area contributed by atoms with Crippen LogP contribution in [-0.4, -0.2) is 73.3 Å². The quantitative estimate of drug-likeness (QED) is 0.644. The molecule has 0 saturated heterocycles. The second-order valence-electron chi connectivity index (χ2n) is 9.02. The number of anilines is 1. The highest BCUT2D eigenvalue weighted by atomic mass is 19.1. The van der Waals surface area contributed by atoms with E-state index < -0.39 is 17.3 Å². The molecule has 2 aliphatic heterocycles. The number of hydrogen-bond donors (Lipinski definition) is 1. The van der Waals surface area contributed by atoms with Crippen molar-refractivity contribution in [1.82, 2.24) is 9.80 Å². The van der Waals surface area contributed by atoms with Crippen molar-refractivity contribution in [3.05, 3.63) is 77.2 Å². The van der Waals surface area contributed by atoms with E-state index in [1.54, 1.807) is 30.4 Å². The fraction of sp³-hybridized carbons (Fsp3) is 0.308. The first-order valence-corrected chi connectivity index (χ1v) is 11.1. The van der Waals surface area contributed by atoms with Crippen molar-refractivity contribution in [3.8, 4) is 0 Å². The number of carbonyl (C=O) groups excluding carboxylic acids is 2. The van der Waals surface area contributed by atoms with Crippen molar-refractivity contribution < 1.29 is 14.0 Å². The zero-order valence-electron chi connectivity index (χ0n) is 19.7. The molecular weight excluding hydrogens is 433 g/mol. The minimum absolute atomic E-state index is 0.170. The number of nitrogens with one attached hydrogen (secondary N) is 1. The Labute approximate surface area is 198 Å². The third-order valence-corrected chi connectivity index (χ3v) is 6.08. The third-order valence-electron chi connectivity index (χ3n) is 6.08. The molecule has 0 radical (unpaired) electrons. The Morgan fingerprint density at radius 1 is 1.15 bits per heavy atom. The molecular formula is C26H28FN5O2. The highest BCUT2D eigenvalue weighted by Crippen LogP contribution is 2.37. The predicted molar refractivity (Wildman–Crippen MR) is 132 cm³/mol. The summed E-state index contributed by atoms with van der Waals surface area (Å²) in [5, 5.41) is 2.77. The van der Waals surface area contributed by atoms with E-state index in [0.717, 1.165) is 12.1 Å². The molecule has 8 heteroatoms. The van der Waals surface area contributed by atoms with Crippen LogP contribution in [0.5, 0.6) is 0 Å². The Bertz CT molecular complexity index is 1200. The van der Waals surface area contributed by atoms with Crippen molar-refractivity contribution in [2.75, 3.05) is 39.5 Å². The van der Waals surface area contributed by atoms with E-state index in [9.17, 15) is 14.0 Å². The number of amides is 2. The van der Waals surface area contributed by atoms with Gasteiger partial charge in [0.2, 0.25) is 5.91 Å². The maximum absolute atomic E-state index is 13.8. The van der Waals surface area contributed by atoms with Gasteiger partial charge in [0, 0.05) is 38.2 Å². The Hall–Kier alpha value is -3.65. The van der Waals surface area contributed by atoms with Crippen LogP contribution >= 0.6 is 0 Å².